The average Bonchev–Trinajstić information content (AvgIpc) is 3.32. The molecule has 0 spiro atoms. The van der Waals surface area contributed by atoms with E-state index in [9.17, 15) is 9.59 Å². The van der Waals surface area contributed by atoms with Crippen LogP contribution in [0.4, 0.5) is 0 Å². The SMILES string of the molecule is CCC(=O)N1CC[C@@](Cc2ccc(-c3cccs3)cc2)(C(=O)NC(C)C)C1. The second kappa shape index (κ2) is 8.26. The lowest BCUT2D eigenvalue weighted by molar-refractivity contribution is -0.133. The van der Waals surface area contributed by atoms with Gasteiger partial charge in [-0.25, -0.2) is 0 Å². The van der Waals surface area contributed by atoms with Crippen LogP contribution in [0.15, 0.2) is 41.8 Å². The first-order valence-corrected chi connectivity index (χ1v) is 10.5. The smallest absolute Gasteiger partial charge is 0.228 e. The maximum atomic E-state index is 13.0. The summed E-state index contributed by atoms with van der Waals surface area (Å²) < 4.78 is 0. The molecule has 1 aromatic carbocycles. The van der Waals surface area contributed by atoms with E-state index in [1.807, 2.05) is 25.7 Å². The zero-order chi connectivity index (χ0) is 19.4. The molecule has 4 nitrogen and oxygen atoms in total. The van der Waals surface area contributed by atoms with Crippen LogP contribution >= 0.6 is 11.3 Å². The summed E-state index contributed by atoms with van der Waals surface area (Å²) in [6.07, 6.45) is 1.85. The Morgan fingerprint density at radius 1 is 1.22 bits per heavy atom. The average molecular weight is 385 g/mol. The fourth-order valence-corrected chi connectivity index (χ4v) is 4.49. The van der Waals surface area contributed by atoms with Crippen LogP contribution in [0, 0.1) is 5.41 Å². The molecule has 1 aliphatic heterocycles. The minimum atomic E-state index is -0.542. The Hall–Kier alpha value is -2.14. The molecule has 1 N–H and O–H groups in total. The highest BCUT2D eigenvalue weighted by molar-refractivity contribution is 7.13. The minimum absolute atomic E-state index is 0.0613. The summed E-state index contributed by atoms with van der Waals surface area (Å²) in [5.74, 6) is 0.188. The molecule has 1 saturated heterocycles. The zero-order valence-electron chi connectivity index (χ0n) is 16.3. The van der Waals surface area contributed by atoms with Crippen LogP contribution in [0.25, 0.3) is 10.4 Å². The summed E-state index contributed by atoms with van der Waals surface area (Å²) >= 11 is 1.72. The van der Waals surface area contributed by atoms with Crippen LogP contribution in [0.2, 0.25) is 0 Å². The fraction of sp³-hybridized carbons (Fsp3) is 0.455. The number of nitrogens with one attached hydrogen (secondary N) is 1. The highest BCUT2D eigenvalue weighted by Gasteiger charge is 2.45. The zero-order valence-corrected chi connectivity index (χ0v) is 17.1. The van der Waals surface area contributed by atoms with Crippen LogP contribution in [0.3, 0.4) is 0 Å². The van der Waals surface area contributed by atoms with Gasteiger partial charge in [0, 0.05) is 30.4 Å². The van der Waals surface area contributed by atoms with E-state index in [4.69, 9.17) is 0 Å². The lowest BCUT2D eigenvalue weighted by Crippen LogP contribution is -2.47. The lowest BCUT2D eigenvalue weighted by atomic mass is 9.79. The molecule has 1 aromatic heterocycles. The van der Waals surface area contributed by atoms with E-state index in [2.05, 4.69) is 47.1 Å². The summed E-state index contributed by atoms with van der Waals surface area (Å²) in [4.78, 5) is 28.3. The quantitative estimate of drug-likeness (QED) is 0.815. The fourth-order valence-electron chi connectivity index (χ4n) is 3.75. The third kappa shape index (κ3) is 4.41. The van der Waals surface area contributed by atoms with Crippen LogP contribution in [0.5, 0.6) is 0 Å². The van der Waals surface area contributed by atoms with E-state index in [-0.39, 0.29) is 17.9 Å². The molecule has 1 atom stereocenters. The first kappa shape index (κ1) is 19.6. The number of hydrogen-bond acceptors (Lipinski definition) is 3. The molecule has 0 saturated carbocycles. The van der Waals surface area contributed by atoms with Crippen molar-refractivity contribution in [1.29, 1.82) is 0 Å². The summed E-state index contributed by atoms with van der Waals surface area (Å²) in [6.45, 7) is 6.99. The molecular formula is C22H28N2O2S. The van der Waals surface area contributed by atoms with Gasteiger partial charge in [-0.1, -0.05) is 37.3 Å². The molecule has 2 amide bonds. The predicted octanol–water partition coefficient (Wildman–Crippen LogP) is 4.11. The Balaban J connectivity index is 1.81. The van der Waals surface area contributed by atoms with Crippen LogP contribution in [-0.4, -0.2) is 35.8 Å². The van der Waals surface area contributed by atoms with Gasteiger partial charge in [0.2, 0.25) is 11.8 Å². The van der Waals surface area contributed by atoms with Gasteiger partial charge in [-0.3, -0.25) is 9.59 Å². The standard InChI is InChI=1S/C22H28N2O2S/c1-4-20(25)24-12-11-22(15-24,21(26)23-16(2)3)14-17-7-9-18(10-8-17)19-6-5-13-27-19/h5-10,13,16H,4,11-12,14-15H2,1-3H3,(H,23,26)/t22-/m0/s1. The maximum absolute atomic E-state index is 13.0. The molecule has 3 rings (SSSR count). The molecule has 2 aromatic rings. The monoisotopic (exact) mass is 384 g/mol. The summed E-state index contributed by atoms with van der Waals surface area (Å²) in [6, 6.07) is 12.7. The molecule has 0 unspecified atom stereocenters. The van der Waals surface area contributed by atoms with E-state index in [0.29, 0.717) is 32.4 Å². The molecule has 0 radical (unpaired) electrons. The van der Waals surface area contributed by atoms with Gasteiger partial charge in [0.1, 0.15) is 0 Å². The van der Waals surface area contributed by atoms with Crippen molar-refractivity contribution in [3.63, 3.8) is 0 Å². The number of amides is 2. The van der Waals surface area contributed by atoms with Crippen molar-refractivity contribution in [2.45, 2.75) is 46.1 Å². The van der Waals surface area contributed by atoms with E-state index in [1.165, 1.54) is 10.4 Å². The molecule has 144 valence electrons. The highest BCUT2D eigenvalue weighted by atomic mass is 32.1. The van der Waals surface area contributed by atoms with E-state index in [0.717, 1.165) is 5.56 Å². The number of benzene rings is 1. The third-order valence-electron chi connectivity index (χ3n) is 5.21. The molecular weight excluding hydrogens is 356 g/mol. The van der Waals surface area contributed by atoms with Gasteiger partial charge in [0.25, 0.3) is 0 Å². The predicted molar refractivity (Wildman–Crippen MR) is 111 cm³/mol. The summed E-state index contributed by atoms with van der Waals surface area (Å²) in [5.41, 5.74) is 1.79. The Morgan fingerprint density at radius 3 is 2.56 bits per heavy atom. The van der Waals surface area contributed by atoms with Crippen molar-refractivity contribution >= 4 is 23.2 Å². The first-order valence-electron chi connectivity index (χ1n) is 9.65. The number of hydrogen-bond donors (Lipinski definition) is 1. The molecule has 0 bridgehead atoms. The van der Waals surface area contributed by atoms with Gasteiger partial charge in [-0.2, -0.15) is 0 Å². The largest absolute Gasteiger partial charge is 0.353 e. The van der Waals surface area contributed by atoms with Crippen molar-refractivity contribution < 1.29 is 9.59 Å². The summed E-state index contributed by atoms with van der Waals surface area (Å²) in [5, 5.41) is 5.16. The maximum Gasteiger partial charge on any atom is 0.228 e. The lowest BCUT2D eigenvalue weighted by Gasteiger charge is -2.29. The van der Waals surface area contributed by atoms with Crippen LogP contribution in [-0.2, 0) is 16.0 Å². The topological polar surface area (TPSA) is 49.4 Å². The van der Waals surface area contributed by atoms with Gasteiger partial charge < -0.3 is 10.2 Å². The molecule has 2 heterocycles. The van der Waals surface area contributed by atoms with Crippen molar-refractivity contribution in [2.75, 3.05) is 13.1 Å². The second-order valence-electron chi connectivity index (χ2n) is 7.68. The Morgan fingerprint density at radius 2 is 1.96 bits per heavy atom. The number of thiophene rings is 1. The Labute approximate surface area is 165 Å². The highest BCUT2D eigenvalue weighted by Crippen LogP contribution is 2.36. The van der Waals surface area contributed by atoms with Gasteiger partial charge >= 0.3 is 0 Å². The molecule has 1 fully saturated rings. The second-order valence-corrected chi connectivity index (χ2v) is 8.63. The minimum Gasteiger partial charge on any atom is -0.353 e. The molecule has 27 heavy (non-hydrogen) atoms. The van der Waals surface area contributed by atoms with E-state index < -0.39 is 5.41 Å². The number of nitrogens with zero attached hydrogens (tertiary/aromatic N) is 1. The third-order valence-corrected chi connectivity index (χ3v) is 6.13. The van der Waals surface area contributed by atoms with Crippen molar-refractivity contribution in [3.8, 4) is 10.4 Å². The van der Waals surface area contributed by atoms with Crippen LogP contribution < -0.4 is 5.32 Å². The van der Waals surface area contributed by atoms with Gasteiger partial charge in [0.15, 0.2) is 0 Å². The van der Waals surface area contributed by atoms with E-state index >= 15 is 0 Å². The first-order chi connectivity index (χ1) is 12.9. The normalized spacial score (nSPS) is 19.5. The molecule has 5 heteroatoms. The van der Waals surface area contributed by atoms with E-state index in [1.54, 1.807) is 11.3 Å². The number of carbonyl (C=O) groups excluding carboxylic acids is 2. The van der Waals surface area contributed by atoms with Crippen molar-refractivity contribution in [2.24, 2.45) is 5.41 Å². The Kier molecular flexibility index (Phi) is 6.00. The number of carbonyl (C=O) groups is 2. The number of rotatable bonds is 6. The van der Waals surface area contributed by atoms with Crippen LogP contribution in [0.1, 0.15) is 39.2 Å². The van der Waals surface area contributed by atoms with Crippen molar-refractivity contribution in [3.05, 3.63) is 47.3 Å². The summed E-state index contributed by atoms with van der Waals surface area (Å²) in [7, 11) is 0. The van der Waals surface area contributed by atoms with Gasteiger partial charge in [0.05, 0.1) is 5.41 Å². The van der Waals surface area contributed by atoms with Crippen molar-refractivity contribution in [1.82, 2.24) is 10.2 Å². The van der Waals surface area contributed by atoms with Gasteiger partial charge in [-0.05, 0) is 49.3 Å². The molecule has 1 aliphatic rings. The molecule has 0 aliphatic carbocycles. The Bertz CT molecular complexity index is 783. The number of likely N-dealkylation sites (tertiary alicyclic amines) is 1. The van der Waals surface area contributed by atoms with Gasteiger partial charge in [-0.15, -0.1) is 11.3 Å².